The van der Waals surface area contributed by atoms with Gasteiger partial charge in [0.1, 0.15) is 0 Å². The number of carbonyl (C=O) groups is 1. The van der Waals surface area contributed by atoms with Crippen molar-refractivity contribution >= 4 is 22.9 Å². The number of aryl methyl sites for hydroxylation is 1. The van der Waals surface area contributed by atoms with Crippen molar-refractivity contribution in [3.05, 3.63) is 28.0 Å². The molecule has 0 aliphatic rings. The Bertz CT molecular complexity index is 549. The van der Waals surface area contributed by atoms with Crippen LogP contribution in [-0.2, 0) is 17.8 Å². The van der Waals surface area contributed by atoms with Gasteiger partial charge >= 0.3 is 0 Å². The molecule has 2 aromatic heterocycles. The SMILES string of the molecule is CC(=O)Nc1ccsc1CNCCc1noc(C)n1. The van der Waals surface area contributed by atoms with Crippen LogP contribution in [0, 0.1) is 6.92 Å². The van der Waals surface area contributed by atoms with E-state index in [1.54, 1.807) is 18.3 Å². The van der Waals surface area contributed by atoms with E-state index in [1.165, 1.54) is 6.92 Å². The first-order valence-corrected chi connectivity index (χ1v) is 6.87. The van der Waals surface area contributed by atoms with Gasteiger partial charge < -0.3 is 15.2 Å². The van der Waals surface area contributed by atoms with Crippen molar-refractivity contribution in [1.82, 2.24) is 15.5 Å². The number of hydrogen-bond donors (Lipinski definition) is 2. The summed E-state index contributed by atoms with van der Waals surface area (Å²) in [6.45, 7) is 4.75. The van der Waals surface area contributed by atoms with Crippen molar-refractivity contribution in [3.8, 4) is 0 Å². The highest BCUT2D eigenvalue weighted by molar-refractivity contribution is 7.10. The summed E-state index contributed by atoms with van der Waals surface area (Å²) in [7, 11) is 0. The fraction of sp³-hybridized carbons (Fsp3) is 0.417. The second-order valence-corrected chi connectivity index (χ2v) is 5.10. The molecule has 19 heavy (non-hydrogen) atoms. The molecule has 0 aliphatic heterocycles. The Morgan fingerprint density at radius 1 is 1.53 bits per heavy atom. The summed E-state index contributed by atoms with van der Waals surface area (Å²) in [5, 5.41) is 11.9. The first-order chi connectivity index (χ1) is 9.15. The van der Waals surface area contributed by atoms with E-state index in [-0.39, 0.29) is 5.91 Å². The Hall–Kier alpha value is -1.73. The summed E-state index contributed by atoms with van der Waals surface area (Å²) in [5.41, 5.74) is 0.875. The third-order valence-electron chi connectivity index (χ3n) is 2.44. The molecule has 7 heteroatoms. The number of amides is 1. The van der Waals surface area contributed by atoms with Crippen molar-refractivity contribution in [3.63, 3.8) is 0 Å². The summed E-state index contributed by atoms with van der Waals surface area (Å²) in [5.74, 6) is 1.24. The van der Waals surface area contributed by atoms with E-state index in [9.17, 15) is 4.79 Å². The normalized spacial score (nSPS) is 10.6. The number of carbonyl (C=O) groups excluding carboxylic acids is 1. The Kier molecular flexibility index (Phi) is 4.64. The van der Waals surface area contributed by atoms with Crippen LogP contribution in [0.25, 0.3) is 0 Å². The Morgan fingerprint density at radius 3 is 3.05 bits per heavy atom. The molecule has 0 bridgehead atoms. The second-order valence-electron chi connectivity index (χ2n) is 4.10. The van der Waals surface area contributed by atoms with Gasteiger partial charge in [-0.15, -0.1) is 11.3 Å². The third kappa shape index (κ3) is 4.15. The molecule has 2 aromatic rings. The summed E-state index contributed by atoms with van der Waals surface area (Å²) < 4.78 is 4.90. The standard InChI is InChI=1S/C12H16N4O2S/c1-8(17)14-10-4-6-19-11(10)7-13-5-3-12-15-9(2)18-16-12/h4,6,13H,3,5,7H2,1-2H3,(H,14,17). The molecule has 1 amide bonds. The molecule has 0 atom stereocenters. The minimum Gasteiger partial charge on any atom is -0.340 e. The zero-order chi connectivity index (χ0) is 13.7. The van der Waals surface area contributed by atoms with E-state index in [0.717, 1.165) is 23.5 Å². The van der Waals surface area contributed by atoms with Crippen LogP contribution in [-0.4, -0.2) is 22.6 Å². The lowest BCUT2D eigenvalue weighted by molar-refractivity contribution is -0.114. The highest BCUT2D eigenvalue weighted by Crippen LogP contribution is 2.21. The zero-order valence-corrected chi connectivity index (χ0v) is 11.7. The van der Waals surface area contributed by atoms with Crippen LogP contribution < -0.4 is 10.6 Å². The van der Waals surface area contributed by atoms with Crippen LogP contribution in [0.4, 0.5) is 5.69 Å². The van der Waals surface area contributed by atoms with Crippen LogP contribution in [0.3, 0.4) is 0 Å². The molecule has 0 saturated carbocycles. The van der Waals surface area contributed by atoms with Crippen molar-refractivity contribution in [2.45, 2.75) is 26.8 Å². The van der Waals surface area contributed by atoms with E-state index >= 15 is 0 Å². The smallest absolute Gasteiger partial charge is 0.223 e. The lowest BCUT2D eigenvalue weighted by Crippen LogP contribution is -2.17. The van der Waals surface area contributed by atoms with Crippen LogP contribution in [0.2, 0.25) is 0 Å². The first kappa shape index (κ1) is 13.7. The van der Waals surface area contributed by atoms with Gasteiger partial charge in [0.2, 0.25) is 11.8 Å². The van der Waals surface area contributed by atoms with Gasteiger partial charge in [-0.25, -0.2) is 0 Å². The largest absolute Gasteiger partial charge is 0.340 e. The average Bonchev–Trinajstić information content (AvgIpc) is 2.94. The Balaban J connectivity index is 1.76. The number of nitrogens with zero attached hydrogens (tertiary/aromatic N) is 2. The average molecular weight is 280 g/mol. The van der Waals surface area contributed by atoms with E-state index < -0.39 is 0 Å². The molecular formula is C12H16N4O2S. The molecule has 2 rings (SSSR count). The molecule has 2 N–H and O–H groups in total. The number of hydrogen-bond acceptors (Lipinski definition) is 6. The highest BCUT2D eigenvalue weighted by atomic mass is 32.1. The number of thiophene rings is 1. The Morgan fingerprint density at radius 2 is 2.37 bits per heavy atom. The van der Waals surface area contributed by atoms with Crippen molar-refractivity contribution in [2.75, 3.05) is 11.9 Å². The number of anilines is 1. The van der Waals surface area contributed by atoms with E-state index in [1.807, 2.05) is 11.4 Å². The molecule has 102 valence electrons. The number of nitrogens with one attached hydrogen (secondary N) is 2. The maximum atomic E-state index is 11.0. The molecule has 0 spiro atoms. The molecular weight excluding hydrogens is 264 g/mol. The van der Waals surface area contributed by atoms with Crippen LogP contribution >= 0.6 is 11.3 Å². The van der Waals surface area contributed by atoms with Crippen molar-refractivity contribution < 1.29 is 9.32 Å². The lowest BCUT2D eigenvalue weighted by atomic mass is 10.3. The topological polar surface area (TPSA) is 80.0 Å². The predicted octanol–water partition coefficient (Wildman–Crippen LogP) is 1.73. The molecule has 0 fully saturated rings. The summed E-state index contributed by atoms with van der Waals surface area (Å²) in [6, 6.07) is 1.91. The van der Waals surface area contributed by atoms with Crippen LogP contribution in [0.1, 0.15) is 23.5 Å². The molecule has 0 aliphatic carbocycles. The zero-order valence-electron chi connectivity index (χ0n) is 10.9. The van der Waals surface area contributed by atoms with Gasteiger partial charge in [0.25, 0.3) is 0 Å². The van der Waals surface area contributed by atoms with Gasteiger partial charge in [-0.2, -0.15) is 4.98 Å². The molecule has 2 heterocycles. The molecule has 6 nitrogen and oxygen atoms in total. The minimum atomic E-state index is -0.0538. The monoisotopic (exact) mass is 280 g/mol. The van der Waals surface area contributed by atoms with Crippen LogP contribution in [0.5, 0.6) is 0 Å². The fourth-order valence-corrected chi connectivity index (χ4v) is 2.42. The summed E-state index contributed by atoms with van der Waals surface area (Å²) in [6.07, 6.45) is 0.720. The van der Waals surface area contributed by atoms with Gasteiger partial charge in [-0.3, -0.25) is 4.79 Å². The number of rotatable bonds is 6. The van der Waals surface area contributed by atoms with Gasteiger partial charge in [0.15, 0.2) is 5.82 Å². The van der Waals surface area contributed by atoms with Gasteiger partial charge in [-0.1, -0.05) is 5.16 Å². The van der Waals surface area contributed by atoms with Crippen LogP contribution in [0.15, 0.2) is 16.0 Å². The van der Waals surface area contributed by atoms with E-state index in [4.69, 9.17) is 4.52 Å². The van der Waals surface area contributed by atoms with Gasteiger partial charge in [-0.05, 0) is 11.4 Å². The summed E-state index contributed by atoms with van der Waals surface area (Å²) >= 11 is 1.61. The Labute approximate surface area is 115 Å². The lowest BCUT2D eigenvalue weighted by Gasteiger charge is -2.05. The number of aromatic nitrogens is 2. The minimum absolute atomic E-state index is 0.0538. The molecule has 0 radical (unpaired) electrons. The molecule has 0 aromatic carbocycles. The second kappa shape index (κ2) is 6.44. The maximum Gasteiger partial charge on any atom is 0.223 e. The first-order valence-electron chi connectivity index (χ1n) is 5.99. The summed E-state index contributed by atoms with van der Waals surface area (Å²) in [4.78, 5) is 16.3. The quantitative estimate of drug-likeness (QED) is 0.788. The van der Waals surface area contributed by atoms with E-state index in [2.05, 4.69) is 20.8 Å². The predicted molar refractivity (Wildman–Crippen MR) is 73.1 cm³/mol. The molecule has 0 saturated heterocycles. The fourth-order valence-electron chi connectivity index (χ4n) is 1.62. The van der Waals surface area contributed by atoms with Gasteiger partial charge in [0, 0.05) is 38.2 Å². The van der Waals surface area contributed by atoms with Crippen molar-refractivity contribution in [2.24, 2.45) is 0 Å². The molecule has 0 unspecified atom stereocenters. The highest BCUT2D eigenvalue weighted by Gasteiger charge is 2.06. The maximum absolute atomic E-state index is 11.0. The van der Waals surface area contributed by atoms with Crippen molar-refractivity contribution in [1.29, 1.82) is 0 Å². The third-order valence-corrected chi connectivity index (χ3v) is 3.36. The van der Waals surface area contributed by atoms with Gasteiger partial charge in [0.05, 0.1) is 5.69 Å². The van der Waals surface area contributed by atoms with E-state index in [0.29, 0.717) is 18.3 Å².